The first-order valence-corrected chi connectivity index (χ1v) is 9.84. The summed E-state index contributed by atoms with van der Waals surface area (Å²) < 4.78 is 0. The second kappa shape index (κ2) is 6.17. The van der Waals surface area contributed by atoms with Crippen LogP contribution in [0.15, 0.2) is 76.6 Å². The molecule has 2 aliphatic heterocycles. The molecular weight excluding hydrogens is 376 g/mol. The summed E-state index contributed by atoms with van der Waals surface area (Å²) in [4.78, 5) is 40.1. The van der Waals surface area contributed by atoms with Gasteiger partial charge in [-0.15, -0.1) is 0 Å². The lowest BCUT2D eigenvalue weighted by Crippen LogP contribution is -2.39. The number of carbonyl (C=O) groups is 2. The van der Waals surface area contributed by atoms with Crippen molar-refractivity contribution in [2.24, 2.45) is 0 Å². The molecule has 1 saturated heterocycles. The number of carbonyl (C=O) groups excluding carboxylic acids is 2. The molecule has 28 heavy (non-hydrogen) atoms. The lowest BCUT2D eigenvalue weighted by Gasteiger charge is -2.35. The smallest absolute Gasteiger partial charge is 0.288 e. The van der Waals surface area contributed by atoms with Gasteiger partial charge < -0.3 is 4.90 Å². The Morgan fingerprint density at radius 1 is 0.964 bits per heavy atom. The molecule has 0 radical (unpaired) electrons. The normalized spacial score (nSPS) is 20.9. The average Bonchev–Trinajstić information content (AvgIpc) is 3.20. The highest BCUT2D eigenvalue weighted by atomic mass is 32.2. The van der Waals surface area contributed by atoms with Crippen LogP contribution in [-0.2, 0) is 0 Å². The summed E-state index contributed by atoms with van der Waals surface area (Å²) in [6.07, 6.45) is 0. The van der Waals surface area contributed by atoms with Crippen LogP contribution in [0.4, 0.5) is 0 Å². The average molecular weight is 390 g/mol. The van der Waals surface area contributed by atoms with E-state index in [0.29, 0.717) is 39.7 Å². The minimum Gasteiger partial charge on any atom is -0.326 e. The number of ketones is 2. The standard InChI is InChI=1S/C21H14N2O4S/c24-19-13-8-4-5-9-14(13)20(25)17-16(19)15(12-6-2-1-3-7-12)18(23(26)27)21-22(17)10-11-28-21/h1-9,15H,10-11H2. The summed E-state index contributed by atoms with van der Waals surface area (Å²) in [5, 5.41) is 12.5. The Bertz CT molecular complexity index is 1120. The topological polar surface area (TPSA) is 80.5 Å². The van der Waals surface area contributed by atoms with E-state index in [-0.39, 0.29) is 22.8 Å². The largest absolute Gasteiger partial charge is 0.326 e. The van der Waals surface area contributed by atoms with Crippen molar-refractivity contribution in [2.45, 2.75) is 5.92 Å². The Hall–Kier alpha value is -3.19. The van der Waals surface area contributed by atoms with E-state index in [4.69, 9.17) is 0 Å². The first-order chi connectivity index (χ1) is 13.6. The lowest BCUT2D eigenvalue weighted by atomic mass is 9.75. The van der Waals surface area contributed by atoms with Gasteiger partial charge in [-0.1, -0.05) is 66.4 Å². The minimum absolute atomic E-state index is 0.0204. The molecule has 0 bridgehead atoms. The molecule has 7 heteroatoms. The number of fused-ring (bicyclic) bond motifs is 3. The van der Waals surface area contributed by atoms with Crippen LogP contribution in [0.5, 0.6) is 0 Å². The van der Waals surface area contributed by atoms with E-state index in [0.717, 1.165) is 0 Å². The summed E-state index contributed by atoms with van der Waals surface area (Å²) in [6, 6.07) is 15.6. The van der Waals surface area contributed by atoms with Crippen molar-refractivity contribution in [3.8, 4) is 0 Å². The molecule has 0 N–H and O–H groups in total. The van der Waals surface area contributed by atoms with Crippen molar-refractivity contribution in [1.29, 1.82) is 0 Å². The minimum atomic E-state index is -0.868. The SMILES string of the molecule is O=C1C2=C(C(=O)c3ccccc31)N1CCSC1=C([N+](=O)[O-])C2c1ccccc1. The van der Waals surface area contributed by atoms with E-state index in [9.17, 15) is 19.7 Å². The summed E-state index contributed by atoms with van der Waals surface area (Å²) in [6.45, 7) is 0.471. The predicted octanol–water partition coefficient (Wildman–Crippen LogP) is 3.61. The molecule has 5 rings (SSSR count). The van der Waals surface area contributed by atoms with E-state index in [1.54, 1.807) is 53.4 Å². The van der Waals surface area contributed by atoms with Crippen molar-refractivity contribution in [3.63, 3.8) is 0 Å². The van der Waals surface area contributed by atoms with Crippen LogP contribution in [0.1, 0.15) is 32.2 Å². The van der Waals surface area contributed by atoms with Crippen molar-refractivity contribution in [3.05, 3.63) is 103 Å². The number of hydrogen-bond acceptors (Lipinski definition) is 6. The number of thioether (sulfide) groups is 1. The first kappa shape index (κ1) is 16.9. The van der Waals surface area contributed by atoms with Crippen LogP contribution >= 0.6 is 11.8 Å². The monoisotopic (exact) mass is 390 g/mol. The zero-order chi connectivity index (χ0) is 19.4. The van der Waals surface area contributed by atoms with Crippen LogP contribution in [0.2, 0.25) is 0 Å². The number of hydrogen-bond donors (Lipinski definition) is 0. The Labute approximate surface area is 164 Å². The molecule has 2 heterocycles. The van der Waals surface area contributed by atoms with Crippen LogP contribution < -0.4 is 0 Å². The maximum Gasteiger partial charge on any atom is 0.288 e. The third-order valence-corrected chi connectivity index (χ3v) is 6.40. The van der Waals surface area contributed by atoms with Crippen LogP contribution in [0.3, 0.4) is 0 Å². The Balaban J connectivity index is 1.83. The molecule has 0 saturated carbocycles. The fourth-order valence-corrected chi connectivity index (χ4v) is 5.32. The van der Waals surface area contributed by atoms with Gasteiger partial charge in [0.05, 0.1) is 10.6 Å². The summed E-state index contributed by atoms with van der Waals surface area (Å²) in [7, 11) is 0. The zero-order valence-electron chi connectivity index (χ0n) is 14.6. The zero-order valence-corrected chi connectivity index (χ0v) is 15.4. The lowest BCUT2D eigenvalue weighted by molar-refractivity contribution is -0.430. The Morgan fingerprint density at radius 2 is 1.61 bits per heavy atom. The van der Waals surface area contributed by atoms with E-state index < -0.39 is 10.8 Å². The van der Waals surface area contributed by atoms with E-state index in [2.05, 4.69) is 0 Å². The molecule has 1 atom stereocenters. The van der Waals surface area contributed by atoms with Gasteiger partial charge in [0, 0.05) is 29.0 Å². The number of rotatable bonds is 2. The summed E-state index contributed by atoms with van der Waals surface area (Å²) >= 11 is 1.37. The fraction of sp³-hybridized carbons (Fsp3) is 0.143. The molecule has 1 aliphatic carbocycles. The number of Topliss-reactive ketones (excluding diaryl/α,β-unsaturated/α-hetero) is 2. The third kappa shape index (κ3) is 2.23. The van der Waals surface area contributed by atoms with Crippen LogP contribution in [0.25, 0.3) is 0 Å². The van der Waals surface area contributed by atoms with E-state index in [1.807, 2.05) is 6.07 Å². The van der Waals surface area contributed by atoms with E-state index in [1.165, 1.54) is 11.8 Å². The van der Waals surface area contributed by atoms with Gasteiger partial charge in [-0.05, 0) is 5.56 Å². The molecular formula is C21H14N2O4S. The molecule has 6 nitrogen and oxygen atoms in total. The van der Waals surface area contributed by atoms with Gasteiger partial charge >= 0.3 is 0 Å². The van der Waals surface area contributed by atoms with Gasteiger partial charge in [0.25, 0.3) is 5.70 Å². The number of allylic oxidation sites excluding steroid dienone is 2. The Morgan fingerprint density at radius 3 is 2.29 bits per heavy atom. The molecule has 2 aromatic rings. The highest BCUT2D eigenvalue weighted by Crippen LogP contribution is 2.50. The van der Waals surface area contributed by atoms with Gasteiger partial charge in [-0.2, -0.15) is 0 Å². The van der Waals surface area contributed by atoms with Crippen LogP contribution in [-0.4, -0.2) is 33.7 Å². The first-order valence-electron chi connectivity index (χ1n) is 8.86. The third-order valence-electron chi connectivity index (χ3n) is 5.31. The number of benzene rings is 2. The second-order valence-electron chi connectivity index (χ2n) is 6.76. The second-order valence-corrected chi connectivity index (χ2v) is 7.84. The number of nitro groups is 1. The van der Waals surface area contributed by atoms with Gasteiger partial charge in [0.15, 0.2) is 10.8 Å². The molecule has 0 spiro atoms. The van der Waals surface area contributed by atoms with E-state index >= 15 is 0 Å². The van der Waals surface area contributed by atoms with Crippen LogP contribution in [0, 0.1) is 10.1 Å². The molecule has 1 fully saturated rings. The molecule has 0 aromatic heterocycles. The maximum absolute atomic E-state index is 13.4. The Kier molecular flexibility index (Phi) is 3.73. The molecule has 138 valence electrons. The molecule has 1 unspecified atom stereocenters. The van der Waals surface area contributed by atoms with Crippen molar-refractivity contribution >= 4 is 23.3 Å². The summed E-state index contributed by atoms with van der Waals surface area (Å²) in [5.74, 6) is -0.788. The highest BCUT2D eigenvalue weighted by molar-refractivity contribution is 8.03. The molecule has 3 aliphatic rings. The van der Waals surface area contributed by atoms with Gasteiger partial charge in [-0.3, -0.25) is 19.7 Å². The fourth-order valence-electron chi connectivity index (χ4n) is 4.17. The quantitative estimate of drug-likeness (QED) is 0.576. The van der Waals surface area contributed by atoms with Gasteiger partial charge in [0.2, 0.25) is 5.78 Å². The van der Waals surface area contributed by atoms with Crippen molar-refractivity contribution < 1.29 is 14.5 Å². The molecule has 0 amide bonds. The highest BCUT2D eigenvalue weighted by Gasteiger charge is 2.51. The number of nitrogens with zero attached hydrogens (tertiary/aromatic N) is 2. The maximum atomic E-state index is 13.4. The van der Waals surface area contributed by atoms with Gasteiger partial charge in [-0.25, -0.2) is 0 Å². The molecule has 2 aromatic carbocycles. The summed E-state index contributed by atoms with van der Waals surface area (Å²) in [5.41, 5.74) is 1.80. The van der Waals surface area contributed by atoms with Gasteiger partial charge in [0.1, 0.15) is 5.92 Å². The van der Waals surface area contributed by atoms with Crippen molar-refractivity contribution in [2.75, 3.05) is 12.3 Å². The predicted molar refractivity (Wildman–Crippen MR) is 104 cm³/mol. The van der Waals surface area contributed by atoms with Crippen molar-refractivity contribution in [1.82, 2.24) is 4.90 Å².